The molecule has 1 aliphatic heterocycles. The summed E-state index contributed by atoms with van der Waals surface area (Å²) in [6.07, 6.45) is 9.11. The number of fused-ring (bicyclic) bond motifs is 2. The standard InChI is InChI=1S/C19H30N4O.HI/c1-20-18(23(3)13-14-7-6-11-22(14)2)21-16-15-8-12-24-17(15)19(16)9-4-5-10-19;/h6-7,11,15-17H,4-5,8-10,12-13H2,1-3H3,(H,20,21);1H. The number of halogens is 1. The highest BCUT2D eigenvalue weighted by Gasteiger charge is 2.65. The first-order chi connectivity index (χ1) is 11.7. The van der Waals surface area contributed by atoms with E-state index in [-0.39, 0.29) is 24.0 Å². The van der Waals surface area contributed by atoms with E-state index in [9.17, 15) is 0 Å². The lowest BCUT2D eigenvalue weighted by atomic mass is 9.54. The molecular formula is C19H31IN4O. The van der Waals surface area contributed by atoms with Crippen molar-refractivity contribution in [3.05, 3.63) is 24.0 Å². The van der Waals surface area contributed by atoms with Crippen LogP contribution in [0.25, 0.3) is 0 Å². The minimum absolute atomic E-state index is 0. The predicted octanol–water partition coefficient (Wildman–Crippen LogP) is 3.00. The van der Waals surface area contributed by atoms with Gasteiger partial charge in [-0.05, 0) is 31.4 Å². The zero-order valence-electron chi connectivity index (χ0n) is 15.6. The molecule has 2 heterocycles. The molecule has 4 rings (SSSR count). The Kier molecular flexibility index (Phi) is 5.68. The lowest BCUT2D eigenvalue weighted by molar-refractivity contribution is -0.125. The first-order valence-electron chi connectivity index (χ1n) is 9.32. The van der Waals surface area contributed by atoms with Crippen molar-refractivity contribution < 1.29 is 4.74 Å². The Morgan fingerprint density at radius 2 is 2.20 bits per heavy atom. The second-order valence-corrected chi connectivity index (χ2v) is 7.82. The van der Waals surface area contributed by atoms with Crippen LogP contribution in [0, 0.1) is 11.3 Å². The van der Waals surface area contributed by atoms with E-state index in [1.54, 1.807) is 0 Å². The molecule has 3 unspecified atom stereocenters. The van der Waals surface area contributed by atoms with Crippen LogP contribution in [-0.4, -0.2) is 48.3 Å². The van der Waals surface area contributed by atoms with E-state index >= 15 is 0 Å². The van der Waals surface area contributed by atoms with Crippen LogP contribution in [0.4, 0.5) is 0 Å². The van der Waals surface area contributed by atoms with Gasteiger partial charge in [0, 0.05) is 57.0 Å². The van der Waals surface area contributed by atoms with E-state index in [0.29, 0.717) is 23.5 Å². The molecule has 140 valence electrons. The summed E-state index contributed by atoms with van der Waals surface area (Å²) in [4.78, 5) is 6.81. The number of ether oxygens (including phenoxy) is 1. The maximum atomic E-state index is 6.10. The van der Waals surface area contributed by atoms with Gasteiger partial charge in [0.1, 0.15) is 0 Å². The summed E-state index contributed by atoms with van der Waals surface area (Å²) >= 11 is 0. The first kappa shape index (κ1) is 19.0. The van der Waals surface area contributed by atoms with Crippen LogP contribution in [0.5, 0.6) is 0 Å². The fourth-order valence-corrected chi connectivity index (χ4v) is 5.37. The molecular weight excluding hydrogens is 427 g/mol. The van der Waals surface area contributed by atoms with Gasteiger partial charge >= 0.3 is 0 Å². The van der Waals surface area contributed by atoms with E-state index in [1.807, 2.05) is 7.05 Å². The summed E-state index contributed by atoms with van der Waals surface area (Å²) in [5.74, 6) is 1.68. The molecule has 2 aliphatic carbocycles. The van der Waals surface area contributed by atoms with Gasteiger partial charge in [0.05, 0.1) is 12.6 Å². The molecule has 0 radical (unpaired) electrons. The van der Waals surface area contributed by atoms with Gasteiger partial charge in [-0.3, -0.25) is 4.99 Å². The summed E-state index contributed by atoms with van der Waals surface area (Å²) < 4.78 is 8.27. The van der Waals surface area contributed by atoms with Gasteiger partial charge in [-0.2, -0.15) is 0 Å². The molecule has 1 aromatic heterocycles. The summed E-state index contributed by atoms with van der Waals surface area (Å²) in [7, 11) is 6.12. The molecule has 5 nitrogen and oxygen atoms in total. The third-order valence-corrected chi connectivity index (χ3v) is 6.59. The second kappa shape index (κ2) is 7.47. The zero-order chi connectivity index (χ0) is 16.7. The Balaban J connectivity index is 0.00000182. The molecule has 3 atom stereocenters. The molecule has 1 N–H and O–H groups in total. The van der Waals surface area contributed by atoms with Crippen LogP contribution in [0.2, 0.25) is 0 Å². The number of guanidine groups is 1. The second-order valence-electron chi connectivity index (χ2n) is 7.82. The van der Waals surface area contributed by atoms with E-state index in [1.165, 1.54) is 37.8 Å². The van der Waals surface area contributed by atoms with Gasteiger partial charge in [0.2, 0.25) is 0 Å². The number of aliphatic imine (C=N–C) groups is 1. The first-order valence-corrected chi connectivity index (χ1v) is 9.32. The van der Waals surface area contributed by atoms with Gasteiger partial charge in [-0.15, -0.1) is 24.0 Å². The summed E-state index contributed by atoms with van der Waals surface area (Å²) in [6.45, 7) is 1.81. The van der Waals surface area contributed by atoms with Crippen LogP contribution in [0.15, 0.2) is 23.3 Å². The average Bonchev–Trinajstić information content (AvgIpc) is 3.29. The Morgan fingerprint density at radius 3 is 2.84 bits per heavy atom. The Hall–Kier alpha value is -0.760. The molecule has 3 aliphatic rings. The SMILES string of the molecule is CN=C(NC1C2CCOC2C12CCCC2)N(C)Cc1cccn1C.I. The maximum absolute atomic E-state index is 6.10. The van der Waals surface area contributed by atoms with E-state index in [4.69, 9.17) is 4.74 Å². The molecule has 1 aromatic rings. The van der Waals surface area contributed by atoms with Crippen molar-refractivity contribution in [1.29, 1.82) is 0 Å². The van der Waals surface area contributed by atoms with E-state index < -0.39 is 0 Å². The Bertz CT molecular complexity index is 623. The highest BCUT2D eigenvalue weighted by Crippen LogP contribution is 2.60. The monoisotopic (exact) mass is 458 g/mol. The summed E-state index contributed by atoms with van der Waals surface area (Å²) in [5, 5.41) is 3.83. The van der Waals surface area contributed by atoms with E-state index in [2.05, 4.69) is 52.2 Å². The molecule has 1 spiro atoms. The van der Waals surface area contributed by atoms with Crippen LogP contribution < -0.4 is 5.32 Å². The van der Waals surface area contributed by atoms with Crippen LogP contribution >= 0.6 is 24.0 Å². The fraction of sp³-hybridized carbons (Fsp3) is 0.737. The number of hydrogen-bond acceptors (Lipinski definition) is 2. The minimum Gasteiger partial charge on any atom is -0.377 e. The summed E-state index contributed by atoms with van der Waals surface area (Å²) in [5.41, 5.74) is 1.66. The van der Waals surface area contributed by atoms with Crippen molar-refractivity contribution >= 4 is 29.9 Å². The van der Waals surface area contributed by atoms with Gasteiger partial charge in [0.25, 0.3) is 0 Å². The fourth-order valence-electron chi connectivity index (χ4n) is 5.37. The van der Waals surface area contributed by atoms with Crippen molar-refractivity contribution in [3.63, 3.8) is 0 Å². The molecule has 25 heavy (non-hydrogen) atoms. The van der Waals surface area contributed by atoms with Gasteiger partial charge in [0.15, 0.2) is 5.96 Å². The van der Waals surface area contributed by atoms with Crippen molar-refractivity contribution in [3.8, 4) is 0 Å². The van der Waals surface area contributed by atoms with Crippen LogP contribution in [-0.2, 0) is 18.3 Å². The highest BCUT2D eigenvalue weighted by atomic mass is 127. The summed E-state index contributed by atoms with van der Waals surface area (Å²) in [6, 6.07) is 4.80. The quantitative estimate of drug-likeness (QED) is 0.430. The molecule has 3 fully saturated rings. The van der Waals surface area contributed by atoms with Gasteiger partial charge < -0.3 is 19.5 Å². The predicted molar refractivity (Wildman–Crippen MR) is 111 cm³/mol. The smallest absolute Gasteiger partial charge is 0.193 e. The highest BCUT2D eigenvalue weighted by molar-refractivity contribution is 14.0. The van der Waals surface area contributed by atoms with Crippen LogP contribution in [0.3, 0.4) is 0 Å². The Morgan fingerprint density at radius 1 is 1.44 bits per heavy atom. The number of aromatic nitrogens is 1. The normalized spacial score (nSPS) is 29.9. The lowest BCUT2D eigenvalue weighted by Gasteiger charge is -2.57. The molecule has 1 saturated heterocycles. The number of aryl methyl sites for hydroxylation is 1. The third-order valence-electron chi connectivity index (χ3n) is 6.59. The van der Waals surface area contributed by atoms with Crippen molar-refractivity contribution in [2.75, 3.05) is 20.7 Å². The molecule has 0 bridgehead atoms. The van der Waals surface area contributed by atoms with Gasteiger partial charge in [-0.25, -0.2) is 0 Å². The average molecular weight is 458 g/mol. The third kappa shape index (κ3) is 3.09. The topological polar surface area (TPSA) is 41.8 Å². The molecule has 6 heteroatoms. The largest absolute Gasteiger partial charge is 0.377 e. The Labute approximate surface area is 168 Å². The van der Waals surface area contributed by atoms with E-state index in [0.717, 1.165) is 19.1 Å². The number of nitrogens with zero attached hydrogens (tertiary/aromatic N) is 3. The molecule has 0 aromatic carbocycles. The van der Waals surface area contributed by atoms with Crippen LogP contribution in [0.1, 0.15) is 37.8 Å². The minimum atomic E-state index is 0. The maximum Gasteiger partial charge on any atom is 0.193 e. The number of nitrogens with one attached hydrogen (secondary N) is 1. The zero-order valence-corrected chi connectivity index (χ0v) is 17.9. The number of hydrogen-bond donors (Lipinski definition) is 1. The van der Waals surface area contributed by atoms with Crippen molar-refractivity contribution in [1.82, 2.24) is 14.8 Å². The lowest BCUT2D eigenvalue weighted by Crippen LogP contribution is -2.69. The van der Waals surface area contributed by atoms with Crippen molar-refractivity contribution in [2.24, 2.45) is 23.4 Å². The van der Waals surface area contributed by atoms with Gasteiger partial charge in [-0.1, -0.05) is 12.8 Å². The number of rotatable bonds is 3. The van der Waals surface area contributed by atoms with Crippen molar-refractivity contribution in [2.45, 2.75) is 50.8 Å². The molecule has 0 amide bonds. The molecule has 2 saturated carbocycles.